The van der Waals surface area contributed by atoms with Crippen molar-refractivity contribution in [3.05, 3.63) is 70.4 Å². The number of phenols is 1. The van der Waals surface area contributed by atoms with Crippen LogP contribution in [-0.2, 0) is 4.79 Å². The van der Waals surface area contributed by atoms with Crippen molar-refractivity contribution in [3.8, 4) is 5.75 Å². The Labute approximate surface area is 213 Å². The topological polar surface area (TPSA) is 81.7 Å². The van der Waals surface area contributed by atoms with E-state index in [0.29, 0.717) is 30.6 Å². The van der Waals surface area contributed by atoms with Crippen LogP contribution >= 0.6 is 11.6 Å². The summed E-state index contributed by atoms with van der Waals surface area (Å²) in [7, 11) is 0. The number of carbonyl (C=O) groups excluding carboxylic acids is 2. The normalized spacial score (nSPS) is 19.6. The van der Waals surface area contributed by atoms with Gasteiger partial charge >= 0.3 is 6.03 Å². The largest absolute Gasteiger partial charge is 0.507 e. The van der Waals surface area contributed by atoms with E-state index in [1.165, 1.54) is 16.0 Å². The Bertz CT molecular complexity index is 1090. The number of aromatic hydroxyl groups is 1. The van der Waals surface area contributed by atoms with Gasteiger partial charge in [0.2, 0.25) is 5.91 Å². The molecule has 1 unspecified atom stereocenters. The quantitative estimate of drug-likeness (QED) is 0.422. The summed E-state index contributed by atoms with van der Waals surface area (Å²) in [6, 6.07) is 4.59. The van der Waals surface area contributed by atoms with Crippen molar-refractivity contribution in [2.75, 3.05) is 13.1 Å². The van der Waals surface area contributed by atoms with Gasteiger partial charge in [-0.3, -0.25) is 9.69 Å². The number of hydrogen-bond acceptors (Lipinski definition) is 3. The molecule has 0 bridgehead atoms. The molecular formula is C28H36ClN3O3. The Morgan fingerprint density at radius 1 is 1.34 bits per heavy atom. The molecule has 0 saturated carbocycles. The van der Waals surface area contributed by atoms with Gasteiger partial charge in [0.05, 0.1) is 6.04 Å². The summed E-state index contributed by atoms with van der Waals surface area (Å²) in [6.45, 7) is 14.4. The Kier molecular flexibility index (Phi) is 8.84. The minimum absolute atomic E-state index is 0.0829. The maximum absolute atomic E-state index is 13.4. The highest BCUT2D eigenvalue weighted by atomic mass is 35.5. The fraction of sp³-hybridized carbons (Fsp3) is 0.429. The number of nitrogens with one attached hydrogen (secondary N) is 2. The number of amides is 3. The smallest absolute Gasteiger partial charge is 0.322 e. The first-order chi connectivity index (χ1) is 16.6. The van der Waals surface area contributed by atoms with E-state index in [4.69, 9.17) is 11.6 Å². The van der Waals surface area contributed by atoms with Crippen molar-refractivity contribution in [2.24, 2.45) is 5.92 Å². The monoisotopic (exact) mass is 497 g/mol. The van der Waals surface area contributed by atoms with Crippen LogP contribution < -0.4 is 10.6 Å². The van der Waals surface area contributed by atoms with Gasteiger partial charge in [-0.1, -0.05) is 50.2 Å². The molecule has 188 valence electrons. The van der Waals surface area contributed by atoms with Gasteiger partial charge in [-0.2, -0.15) is 0 Å². The van der Waals surface area contributed by atoms with Gasteiger partial charge < -0.3 is 15.7 Å². The molecule has 0 radical (unpaired) electrons. The first-order valence-electron chi connectivity index (χ1n) is 12.2. The van der Waals surface area contributed by atoms with E-state index in [2.05, 4.69) is 30.7 Å². The van der Waals surface area contributed by atoms with E-state index in [0.717, 1.165) is 35.4 Å². The number of carbonyl (C=O) groups is 2. The summed E-state index contributed by atoms with van der Waals surface area (Å²) >= 11 is 6.33. The van der Waals surface area contributed by atoms with Crippen molar-refractivity contribution < 1.29 is 14.7 Å². The van der Waals surface area contributed by atoms with Gasteiger partial charge in [-0.05, 0) is 73.9 Å². The molecule has 7 heteroatoms. The zero-order chi connectivity index (χ0) is 25.7. The van der Waals surface area contributed by atoms with Gasteiger partial charge in [0.1, 0.15) is 12.3 Å². The molecule has 2 atom stereocenters. The number of nitrogens with zero attached hydrogens (tertiary/aromatic N) is 1. The molecule has 6 nitrogen and oxygen atoms in total. The van der Waals surface area contributed by atoms with Crippen molar-refractivity contribution in [1.29, 1.82) is 0 Å². The van der Waals surface area contributed by atoms with Crippen LogP contribution in [0.2, 0.25) is 0 Å². The van der Waals surface area contributed by atoms with Crippen LogP contribution in [0.25, 0.3) is 5.57 Å². The standard InChI is InChI=1S/C28H36ClN3O3/c1-6-19-8-10-23(29)13-21(19)12-22-15-30-27(34)16-32(18(22)5)28(35)31-25(7-2)20-9-11-26(33)24(14-20)17(3)4/h9,11,13-14,22,25,33H,3,5-8,10,12,15-16H2,1-2,4H3,(H,30,34)(H,31,35)/t22-,25?/m1/s1. The van der Waals surface area contributed by atoms with Gasteiger partial charge in [0.25, 0.3) is 0 Å². The lowest BCUT2D eigenvalue weighted by molar-refractivity contribution is -0.120. The fourth-order valence-corrected chi connectivity index (χ4v) is 4.92. The highest BCUT2D eigenvalue weighted by Gasteiger charge is 2.31. The number of halogens is 1. The Morgan fingerprint density at radius 3 is 2.74 bits per heavy atom. The third-order valence-corrected chi connectivity index (χ3v) is 7.14. The third kappa shape index (κ3) is 6.37. The van der Waals surface area contributed by atoms with Crippen LogP contribution in [0.15, 0.2) is 59.3 Å². The molecule has 3 amide bonds. The SMILES string of the molecule is C=C(C)c1cc(C(CC)NC(=O)N2CC(=O)NC[C@@H](CC3=C(CC)CCC(Cl)=C3)C2=C)ccc1O. The molecule has 3 rings (SSSR count). The number of allylic oxidation sites excluding steroid dienone is 5. The Balaban J connectivity index is 1.81. The Hall–Kier alpha value is -2.99. The molecule has 3 N–H and O–H groups in total. The summed E-state index contributed by atoms with van der Waals surface area (Å²) in [4.78, 5) is 27.3. The average molecular weight is 498 g/mol. The number of phenolic OH excluding ortho intramolecular Hbond substituents is 1. The van der Waals surface area contributed by atoms with Crippen molar-refractivity contribution in [1.82, 2.24) is 15.5 Å². The molecular weight excluding hydrogens is 462 g/mol. The first-order valence-corrected chi connectivity index (χ1v) is 12.6. The van der Waals surface area contributed by atoms with Gasteiger partial charge in [0, 0.05) is 28.8 Å². The van der Waals surface area contributed by atoms with Crippen LogP contribution in [0.4, 0.5) is 4.79 Å². The minimum atomic E-state index is -0.365. The second-order valence-corrected chi connectivity index (χ2v) is 9.81. The molecule has 1 aliphatic heterocycles. The van der Waals surface area contributed by atoms with Crippen molar-refractivity contribution >= 4 is 29.1 Å². The molecule has 1 aliphatic carbocycles. The van der Waals surface area contributed by atoms with Crippen LogP contribution in [0.1, 0.15) is 70.0 Å². The lowest BCUT2D eigenvalue weighted by Gasteiger charge is -2.30. The number of rotatable bonds is 7. The minimum Gasteiger partial charge on any atom is -0.507 e. The van der Waals surface area contributed by atoms with Gasteiger partial charge in [-0.25, -0.2) is 4.79 Å². The molecule has 2 aliphatic rings. The predicted octanol–water partition coefficient (Wildman–Crippen LogP) is 6.16. The summed E-state index contributed by atoms with van der Waals surface area (Å²) in [5, 5.41) is 17.0. The Morgan fingerprint density at radius 2 is 2.09 bits per heavy atom. The highest BCUT2D eigenvalue weighted by molar-refractivity contribution is 6.29. The van der Waals surface area contributed by atoms with Crippen LogP contribution in [0, 0.1) is 5.92 Å². The molecule has 1 fully saturated rings. The first kappa shape index (κ1) is 26.6. The summed E-state index contributed by atoms with van der Waals surface area (Å²) in [6.07, 6.45) is 6.08. The molecule has 1 saturated heterocycles. The zero-order valence-electron chi connectivity index (χ0n) is 20.9. The van der Waals surface area contributed by atoms with E-state index < -0.39 is 0 Å². The van der Waals surface area contributed by atoms with Gasteiger partial charge in [-0.15, -0.1) is 0 Å². The van der Waals surface area contributed by atoms with Crippen LogP contribution in [0.3, 0.4) is 0 Å². The maximum Gasteiger partial charge on any atom is 0.322 e. The summed E-state index contributed by atoms with van der Waals surface area (Å²) in [5.74, 6) is -0.181. The summed E-state index contributed by atoms with van der Waals surface area (Å²) < 4.78 is 0. The van der Waals surface area contributed by atoms with E-state index in [1.54, 1.807) is 12.1 Å². The lowest BCUT2D eigenvalue weighted by Crippen LogP contribution is -2.44. The van der Waals surface area contributed by atoms with E-state index >= 15 is 0 Å². The highest BCUT2D eigenvalue weighted by Crippen LogP contribution is 2.34. The van der Waals surface area contributed by atoms with E-state index in [1.807, 2.05) is 26.0 Å². The lowest BCUT2D eigenvalue weighted by atomic mass is 9.87. The second-order valence-electron chi connectivity index (χ2n) is 9.32. The number of benzene rings is 1. The van der Waals surface area contributed by atoms with Crippen molar-refractivity contribution in [2.45, 2.75) is 58.9 Å². The molecule has 35 heavy (non-hydrogen) atoms. The molecule has 1 aromatic rings. The molecule has 1 aromatic carbocycles. The zero-order valence-corrected chi connectivity index (χ0v) is 21.7. The summed E-state index contributed by atoms with van der Waals surface area (Å²) in [5.41, 5.74) is 5.39. The third-order valence-electron chi connectivity index (χ3n) is 6.84. The fourth-order valence-electron chi connectivity index (χ4n) is 4.70. The maximum atomic E-state index is 13.4. The van der Waals surface area contributed by atoms with E-state index in [-0.39, 0.29) is 36.2 Å². The second kappa shape index (κ2) is 11.6. The predicted molar refractivity (Wildman–Crippen MR) is 142 cm³/mol. The van der Waals surface area contributed by atoms with E-state index in [9.17, 15) is 14.7 Å². The van der Waals surface area contributed by atoms with Crippen molar-refractivity contribution in [3.63, 3.8) is 0 Å². The van der Waals surface area contributed by atoms with Gasteiger partial charge in [0.15, 0.2) is 0 Å². The number of urea groups is 1. The molecule has 0 aromatic heterocycles. The van der Waals surface area contributed by atoms with Crippen LogP contribution in [-0.4, -0.2) is 35.0 Å². The van der Waals surface area contributed by atoms with Crippen LogP contribution in [0.5, 0.6) is 5.75 Å². The molecule has 1 heterocycles. The molecule has 0 spiro atoms. The number of hydrogen-bond donors (Lipinski definition) is 3. The average Bonchev–Trinajstić information content (AvgIpc) is 2.96.